The van der Waals surface area contributed by atoms with Crippen molar-refractivity contribution in [2.45, 2.75) is 6.04 Å². The van der Waals surface area contributed by atoms with Gasteiger partial charge in [0.25, 0.3) is 5.91 Å². The van der Waals surface area contributed by atoms with E-state index in [4.69, 9.17) is 5.73 Å². The average molecular weight is 162 g/mol. The summed E-state index contributed by atoms with van der Waals surface area (Å²) in [7, 11) is 0. The lowest BCUT2D eigenvalue weighted by atomic mass is 9.97. The number of nitrogens with two attached hydrogens (primary N) is 1. The van der Waals surface area contributed by atoms with Crippen LogP contribution in [-0.2, 0) is 0 Å². The summed E-state index contributed by atoms with van der Waals surface area (Å²) < 4.78 is 0. The molecule has 0 spiro atoms. The Kier molecular flexibility index (Phi) is 1.59. The van der Waals surface area contributed by atoms with Crippen molar-refractivity contribution in [1.82, 2.24) is 5.32 Å². The molecule has 0 fully saturated rings. The summed E-state index contributed by atoms with van der Waals surface area (Å²) >= 11 is 0. The molecule has 0 aromatic heterocycles. The highest BCUT2D eigenvalue weighted by Gasteiger charge is 2.20. The molecule has 0 bridgehead atoms. The smallest absolute Gasteiger partial charge is 0.251 e. The molecule has 62 valence electrons. The van der Waals surface area contributed by atoms with Gasteiger partial charge < -0.3 is 11.1 Å². The van der Waals surface area contributed by atoms with Gasteiger partial charge in [0, 0.05) is 18.2 Å². The molecule has 1 heterocycles. The Morgan fingerprint density at radius 1 is 1.42 bits per heavy atom. The van der Waals surface area contributed by atoms with Crippen LogP contribution in [0.5, 0.6) is 0 Å². The highest BCUT2D eigenvalue weighted by atomic mass is 16.1. The highest BCUT2D eigenvalue weighted by Crippen LogP contribution is 2.18. The summed E-state index contributed by atoms with van der Waals surface area (Å²) in [5.41, 5.74) is 7.44. The Bertz CT molecular complexity index is 322. The van der Waals surface area contributed by atoms with E-state index in [0.29, 0.717) is 12.1 Å². The Hall–Kier alpha value is -1.35. The number of amides is 1. The van der Waals surface area contributed by atoms with Gasteiger partial charge in [-0.25, -0.2) is 0 Å². The van der Waals surface area contributed by atoms with E-state index < -0.39 is 0 Å². The summed E-state index contributed by atoms with van der Waals surface area (Å²) in [6.45, 7) is 0.538. The van der Waals surface area contributed by atoms with E-state index in [0.717, 1.165) is 5.56 Å². The number of carbonyl (C=O) groups excluding carboxylic acids is 1. The van der Waals surface area contributed by atoms with Gasteiger partial charge in [0.1, 0.15) is 0 Å². The van der Waals surface area contributed by atoms with Crippen LogP contribution in [0.3, 0.4) is 0 Å². The van der Waals surface area contributed by atoms with Gasteiger partial charge in [-0.15, -0.1) is 0 Å². The first kappa shape index (κ1) is 7.31. The molecule has 0 saturated heterocycles. The minimum atomic E-state index is -0.0566. The Morgan fingerprint density at radius 3 is 2.92 bits per heavy atom. The molecule has 0 unspecified atom stereocenters. The molecule has 1 aliphatic rings. The number of rotatable bonds is 0. The zero-order chi connectivity index (χ0) is 8.55. The minimum Gasteiger partial charge on any atom is -0.350 e. The van der Waals surface area contributed by atoms with E-state index in [9.17, 15) is 4.79 Å². The normalized spacial score (nSPS) is 21.4. The fourth-order valence-corrected chi connectivity index (χ4v) is 1.43. The van der Waals surface area contributed by atoms with Crippen molar-refractivity contribution in [1.29, 1.82) is 0 Å². The Balaban J connectivity index is 2.55. The lowest BCUT2D eigenvalue weighted by molar-refractivity contribution is 0.0940. The number of hydrogen-bond acceptors (Lipinski definition) is 2. The van der Waals surface area contributed by atoms with Crippen molar-refractivity contribution < 1.29 is 4.79 Å². The quantitative estimate of drug-likeness (QED) is 0.581. The zero-order valence-electron chi connectivity index (χ0n) is 6.58. The lowest BCUT2D eigenvalue weighted by Crippen LogP contribution is -2.38. The van der Waals surface area contributed by atoms with Crippen molar-refractivity contribution in [2.24, 2.45) is 5.73 Å². The van der Waals surface area contributed by atoms with Crippen molar-refractivity contribution in [3.8, 4) is 0 Å². The molecule has 3 heteroatoms. The van der Waals surface area contributed by atoms with Gasteiger partial charge >= 0.3 is 0 Å². The van der Waals surface area contributed by atoms with Gasteiger partial charge in [-0.1, -0.05) is 18.2 Å². The number of nitrogens with one attached hydrogen (secondary N) is 1. The molecule has 0 saturated carbocycles. The first-order chi connectivity index (χ1) is 5.79. The predicted molar refractivity (Wildman–Crippen MR) is 45.7 cm³/mol. The molecule has 2 rings (SSSR count). The van der Waals surface area contributed by atoms with Crippen LogP contribution in [0.25, 0.3) is 0 Å². The summed E-state index contributed by atoms with van der Waals surface area (Å²) in [4.78, 5) is 11.3. The van der Waals surface area contributed by atoms with Crippen LogP contribution >= 0.6 is 0 Å². The summed E-state index contributed by atoms with van der Waals surface area (Å²) in [6, 6.07) is 7.38. The predicted octanol–water partition coefficient (Wildman–Crippen LogP) is 0.430. The molecule has 1 amide bonds. The molecule has 3 N–H and O–H groups in total. The van der Waals surface area contributed by atoms with Gasteiger partial charge in [-0.2, -0.15) is 0 Å². The Morgan fingerprint density at radius 2 is 2.17 bits per heavy atom. The van der Waals surface area contributed by atoms with Crippen molar-refractivity contribution in [3.63, 3.8) is 0 Å². The third-order valence-electron chi connectivity index (χ3n) is 2.09. The van der Waals surface area contributed by atoms with Crippen LogP contribution < -0.4 is 11.1 Å². The number of hydrogen-bond donors (Lipinski definition) is 2. The average Bonchev–Trinajstić information content (AvgIpc) is 2.12. The molecule has 0 aliphatic carbocycles. The molecular formula is C9H10N2O. The van der Waals surface area contributed by atoms with Gasteiger partial charge in [-0.05, 0) is 11.6 Å². The summed E-state index contributed by atoms with van der Waals surface area (Å²) in [5.74, 6) is -0.0210. The van der Waals surface area contributed by atoms with Crippen LogP contribution in [0.2, 0.25) is 0 Å². The van der Waals surface area contributed by atoms with Crippen LogP contribution in [-0.4, -0.2) is 12.5 Å². The van der Waals surface area contributed by atoms with Crippen LogP contribution in [0.1, 0.15) is 22.0 Å². The molecule has 1 atom stereocenters. The van der Waals surface area contributed by atoms with Crippen molar-refractivity contribution in [3.05, 3.63) is 35.4 Å². The lowest BCUT2D eigenvalue weighted by Gasteiger charge is -2.21. The van der Waals surface area contributed by atoms with E-state index in [1.807, 2.05) is 18.2 Å². The molecule has 0 radical (unpaired) electrons. The van der Waals surface area contributed by atoms with E-state index in [1.165, 1.54) is 0 Å². The molecule has 1 aliphatic heterocycles. The molecule has 1 aromatic rings. The standard InChI is InChI=1S/C9H10N2O/c10-8-5-11-9(12)7-4-2-1-3-6(7)8/h1-4,8H,5,10H2,(H,11,12)/t8-/m0/s1. The first-order valence-electron chi connectivity index (χ1n) is 3.92. The van der Waals surface area contributed by atoms with Crippen molar-refractivity contribution in [2.75, 3.05) is 6.54 Å². The number of benzene rings is 1. The first-order valence-corrected chi connectivity index (χ1v) is 3.92. The topological polar surface area (TPSA) is 55.1 Å². The monoisotopic (exact) mass is 162 g/mol. The van der Waals surface area contributed by atoms with Crippen LogP contribution in [0, 0.1) is 0 Å². The Labute approximate surface area is 70.6 Å². The maximum Gasteiger partial charge on any atom is 0.251 e. The molecule has 12 heavy (non-hydrogen) atoms. The summed E-state index contributed by atoms with van der Waals surface area (Å²) in [6.07, 6.45) is 0. The number of carbonyl (C=O) groups is 1. The maximum absolute atomic E-state index is 11.3. The van der Waals surface area contributed by atoms with Gasteiger partial charge in [-0.3, -0.25) is 4.79 Å². The highest BCUT2D eigenvalue weighted by molar-refractivity contribution is 5.96. The fraction of sp³-hybridized carbons (Fsp3) is 0.222. The SMILES string of the molecule is N[C@H]1CNC(=O)c2ccccc21. The zero-order valence-corrected chi connectivity index (χ0v) is 6.58. The largest absolute Gasteiger partial charge is 0.350 e. The van der Waals surface area contributed by atoms with Gasteiger partial charge in [0.15, 0.2) is 0 Å². The van der Waals surface area contributed by atoms with Crippen molar-refractivity contribution >= 4 is 5.91 Å². The molecule has 3 nitrogen and oxygen atoms in total. The third-order valence-corrected chi connectivity index (χ3v) is 2.09. The van der Waals surface area contributed by atoms with E-state index in [-0.39, 0.29) is 11.9 Å². The number of fused-ring (bicyclic) bond motifs is 1. The molecular weight excluding hydrogens is 152 g/mol. The fourth-order valence-electron chi connectivity index (χ4n) is 1.43. The van der Waals surface area contributed by atoms with Crippen LogP contribution in [0.15, 0.2) is 24.3 Å². The second-order valence-corrected chi connectivity index (χ2v) is 2.90. The second kappa shape index (κ2) is 2.60. The van der Waals surface area contributed by atoms with Crippen LogP contribution in [0.4, 0.5) is 0 Å². The minimum absolute atomic E-state index is 0.0210. The van der Waals surface area contributed by atoms with E-state index >= 15 is 0 Å². The third kappa shape index (κ3) is 0.987. The van der Waals surface area contributed by atoms with E-state index in [2.05, 4.69) is 5.32 Å². The van der Waals surface area contributed by atoms with Gasteiger partial charge in [0.2, 0.25) is 0 Å². The molecule has 1 aromatic carbocycles. The second-order valence-electron chi connectivity index (χ2n) is 2.90. The van der Waals surface area contributed by atoms with E-state index in [1.54, 1.807) is 6.07 Å². The summed E-state index contributed by atoms with van der Waals surface area (Å²) in [5, 5.41) is 2.72. The maximum atomic E-state index is 11.3. The van der Waals surface area contributed by atoms with Gasteiger partial charge in [0.05, 0.1) is 0 Å².